The first kappa shape index (κ1) is 89.6. The van der Waals surface area contributed by atoms with Crippen LogP contribution < -0.4 is 33.6 Å². The second kappa shape index (κ2) is 45.7. The van der Waals surface area contributed by atoms with Crippen molar-refractivity contribution in [3.05, 3.63) is 189 Å². The summed E-state index contributed by atoms with van der Waals surface area (Å²) in [4.78, 5) is 82.1. The minimum Gasteiger partial charge on any atom is -0.457 e. The fraction of sp³-hybridized carbons (Fsp3) is 0.224. The summed E-state index contributed by atoms with van der Waals surface area (Å²) in [6, 6.07) is 38.8. The number of fused-ring (bicyclic) bond motifs is 1. The molecular formula is C67H74Br2ClF2N17O16S4. The van der Waals surface area contributed by atoms with Gasteiger partial charge in [-0.2, -0.15) is 19.4 Å². The molecule has 3 atom stereocenters. The third-order valence-electron chi connectivity index (χ3n) is 14.4. The van der Waals surface area contributed by atoms with Crippen LogP contribution in [0.25, 0.3) is 44.9 Å². The fourth-order valence-corrected chi connectivity index (χ4v) is 10.1. The van der Waals surface area contributed by atoms with Gasteiger partial charge >= 0.3 is 35.1 Å². The molecule has 0 bridgehead atoms. The van der Waals surface area contributed by atoms with Gasteiger partial charge in [-0.3, -0.25) is 35.6 Å². The highest BCUT2D eigenvalue weighted by atomic mass is 79.9. The van der Waals surface area contributed by atoms with E-state index in [0.717, 1.165) is 59.9 Å². The topological polar surface area (TPSA) is 484 Å². The number of nitrogens with two attached hydrogens (primary N) is 4. The van der Waals surface area contributed by atoms with E-state index in [-0.39, 0.29) is 58.1 Å². The molecule has 15 N–H and O–H groups in total. The molecule has 6 aromatic carbocycles. The normalized spacial score (nSPS) is 13.6. The van der Waals surface area contributed by atoms with Crippen molar-refractivity contribution >= 4 is 169 Å². The Hall–Kier alpha value is -10.1. The zero-order chi connectivity index (χ0) is 80.4. The molecule has 0 aliphatic carbocycles. The number of nitrogen functional groups attached to an aromatic ring is 2. The van der Waals surface area contributed by atoms with Gasteiger partial charge in [-0.25, -0.2) is 47.6 Å². The molecule has 0 radical (unpaired) electrons. The summed E-state index contributed by atoms with van der Waals surface area (Å²) in [5, 5.41) is 34.9. The van der Waals surface area contributed by atoms with Crippen LogP contribution in [0.15, 0.2) is 160 Å². The first-order valence-corrected chi connectivity index (χ1v) is 37.7. The van der Waals surface area contributed by atoms with Gasteiger partial charge in [-0.1, -0.05) is 79.3 Å². The van der Waals surface area contributed by atoms with E-state index < -0.39 is 47.5 Å². The molecule has 0 spiro atoms. The van der Waals surface area contributed by atoms with E-state index >= 15 is 0 Å². The van der Waals surface area contributed by atoms with Crippen molar-refractivity contribution in [3.8, 4) is 33.9 Å². The van der Waals surface area contributed by atoms with Gasteiger partial charge in [0.2, 0.25) is 5.95 Å². The number of ether oxygens (including phenoxy) is 6. The number of imidazole rings is 1. The van der Waals surface area contributed by atoms with Crippen LogP contribution in [0.4, 0.5) is 45.3 Å². The molecule has 11 rings (SSSR count). The number of benzene rings is 6. The summed E-state index contributed by atoms with van der Waals surface area (Å²) in [6.45, 7) is 0.738. The van der Waals surface area contributed by atoms with Gasteiger partial charge in [0.05, 0.1) is 62.2 Å². The van der Waals surface area contributed by atoms with Gasteiger partial charge in [0, 0.05) is 68.3 Å². The maximum Gasteiger partial charge on any atom is 0.435 e. The van der Waals surface area contributed by atoms with Crippen LogP contribution in [0, 0.1) is 22.5 Å². The van der Waals surface area contributed by atoms with Crippen LogP contribution in [0.1, 0.15) is 34.7 Å². The largest absolute Gasteiger partial charge is 0.457 e. The summed E-state index contributed by atoms with van der Waals surface area (Å²) in [5.41, 5.74) is 30.8. The Bertz CT molecular complexity index is 4560. The summed E-state index contributed by atoms with van der Waals surface area (Å²) in [7, 11) is 4.91. The van der Waals surface area contributed by atoms with E-state index in [0.29, 0.717) is 65.3 Å². The van der Waals surface area contributed by atoms with Crippen molar-refractivity contribution in [2.75, 3.05) is 90.3 Å². The Kier molecular flexibility index (Phi) is 37.5. The summed E-state index contributed by atoms with van der Waals surface area (Å²) in [6.07, 6.45) is 6.66. The average Bonchev–Trinajstić information content (AvgIpc) is 1.63. The Balaban J connectivity index is 0.000000279. The number of aliphatic imine (C=N–C) groups is 1. The first-order chi connectivity index (χ1) is 52.0. The number of amides is 5. The van der Waals surface area contributed by atoms with E-state index in [1.54, 1.807) is 68.3 Å². The molecule has 109 heavy (non-hydrogen) atoms. The quantitative estimate of drug-likeness (QED) is 0.00704. The minimum atomic E-state index is -2.52. The van der Waals surface area contributed by atoms with E-state index in [2.05, 4.69) is 92.3 Å². The Labute approximate surface area is 659 Å². The number of nitrogens with zero attached hydrogens (tertiary/aromatic N) is 8. The van der Waals surface area contributed by atoms with Crippen LogP contribution in [0.3, 0.4) is 0 Å². The minimum absolute atomic E-state index is 0.0269. The highest BCUT2D eigenvalue weighted by Gasteiger charge is 2.38. The Morgan fingerprint density at radius 2 is 1.09 bits per heavy atom. The maximum atomic E-state index is 13.7. The molecule has 33 nitrogen and oxygen atoms in total. The molecule has 3 unspecified atom stereocenters. The molecule has 5 amide bonds. The predicted octanol–water partition coefficient (Wildman–Crippen LogP) is 12.2. The third-order valence-corrected chi connectivity index (χ3v) is 17.2. The van der Waals surface area contributed by atoms with Crippen molar-refractivity contribution in [3.63, 3.8) is 0 Å². The number of anilines is 3. The molecule has 2 fully saturated rings. The fourth-order valence-electron chi connectivity index (χ4n) is 9.25. The van der Waals surface area contributed by atoms with Crippen molar-refractivity contribution in [2.24, 2.45) is 16.5 Å². The third kappa shape index (κ3) is 29.1. The first-order valence-electron chi connectivity index (χ1n) is 31.0. The van der Waals surface area contributed by atoms with E-state index in [9.17, 15) is 37.5 Å². The highest BCUT2D eigenvalue weighted by molar-refractivity contribution is 9.10. The van der Waals surface area contributed by atoms with Crippen LogP contribution >= 0.6 is 78.7 Å². The maximum absolute atomic E-state index is 13.7. The van der Waals surface area contributed by atoms with Crippen molar-refractivity contribution < 1.29 is 84.3 Å². The molecule has 42 heteroatoms. The van der Waals surface area contributed by atoms with Crippen LogP contribution in [-0.4, -0.2) is 178 Å². The average molecular weight is 1730 g/mol. The number of methoxy groups -OCH3 is 4. The van der Waals surface area contributed by atoms with Gasteiger partial charge in [0.15, 0.2) is 28.0 Å². The number of nitrogens with one attached hydrogen (secondary N) is 5. The number of halogens is 5. The van der Waals surface area contributed by atoms with E-state index in [1.807, 2.05) is 91.3 Å². The molecule has 5 heterocycles. The number of carbonyl (C=O) groups excluding carboxylic acids is 6. The molecule has 582 valence electrons. The number of hydrogen-bond donors (Lipinski definition) is 11. The lowest BCUT2D eigenvalue weighted by molar-refractivity contribution is -0.131. The standard InChI is InChI=1S/C29H24BrFN6O4.C26H23BrFN5O2.C6H10N2O4S.C2H3ClO2.2C2H6N2S.H2O4S/c1-40-29(39)34-28-32-23-11-2-17(14-24(23)33-28)12-13-36-25(38)16-41-27(36)22-15-37(21-9-5-19(30)6-10-21)35-26(22)18-3-7-20(31)8-4-18;27-18-4-8-20(9-5-18)33-14-21(25(31-33)17-2-6-19(28)7-3-17)26-32(24(34)15-35-26)12-11-16-1-10-22(29)23(30)13-16;1-11-5(9)7-4(13-3)8-6(10)12-2;3*1-5-2(3)4;1-4-5(2)3/h2-11,14-15,27H,12-13,16H2,1H3,(H2,32,33,34,39);1-10,13-14,26H,11-12,15,29-30H2;1-3H3,(H,7,8,9,10);1H3;2*1H3,(H3,3,4);1H,(H,2,3). The number of alkyl carbamates (subject to hydrolysis) is 1. The number of rotatable bonds is 14. The second-order valence-electron chi connectivity index (χ2n) is 21.3. The molecule has 0 saturated carbocycles. The summed E-state index contributed by atoms with van der Waals surface area (Å²) >= 11 is 12.6. The van der Waals surface area contributed by atoms with Gasteiger partial charge < -0.3 is 66.1 Å². The van der Waals surface area contributed by atoms with Crippen LogP contribution in [0.2, 0.25) is 0 Å². The molecule has 9 aromatic rings. The van der Waals surface area contributed by atoms with Crippen LogP contribution in [-0.2, 0) is 66.5 Å². The number of aromatic nitrogens is 6. The number of carbonyl (C=O) groups is 6. The lowest BCUT2D eigenvalue weighted by atomic mass is 10.1. The number of thioether (sulfide) groups is 3. The van der Waals surface area contributed by atoms with Crippen LogP contribution in [0.5, 0.6) is 0 Å². The number of amidine groups is 3. The van der Waals surface area contributed by atoms with Crippen molar-refractivity contribution in [1.29, 1.82) is 10.8 Å². The molecular weight excluding hydrogens is 1660 g/mol. The molecule has 2 saturated heterocycles. The zero-order valence-electron chi connectivity index (χ0n) is 58.8. The molecule has 2 aliphatic rings. The Morgan fingerprint density at radius 1 is 0.670 bits per heavy atom. The van der Waals surface area contributed by atoms with Gasteiger partial charge in [-0.15, -0.1) is 4.33 Å². The predicted molar refractivity (Wildman–Crippen MR) is 421 cm³/mol. The highest BCUT2D eigenvalue weighted by Crippen LogP contribution is 2.38. The van der Waals surface area contributed by atoms with Crippen molar-refractivity contribution in [2.45, 2.75) is 25.3 Å². The molecule has 2 aliphatic heterocycles. The lowest BCUT2D eigenvalue weighted by Crippen LogP contribution is -2.30. The summed E-state index contributed by atoms with van der Waals surface area (Å²) in [5.74, 6) is -0.648. The SMILES string of the molecule is COC(=O)Cl.COC(=O)N=C(NC(=O)OC)SC.COC(=O)Nc1nc2ccc(CCN3C(=O)COC3c3cn(-c4ccc(Br)cc4)nc3-c3ccc(F)cc3)cc2[nH]1.CSC(=N)N.CSC(=N)N.Nc1ccc(CCN2C(=O)COC2c2cn(-c3ccc(Br)cc3)nc2-c2ccc(F)cc2)cc1N.O=S(O)OO. The Morgan fingerprint density at radius 3 is 1.47 bits per heavy atom. The van der Waals surface area contributed by atoms with E-state index in [1.165, 1.54) is 76.2 Å². The summed E-state index contributed by atoms with van der Waals surface area (Å²) < 4.78 is 80.9. The lowest BCUT2D eigenvalue weighted by Gasteiger charge is -2.23. The zero-order valence-corrected chi connectivity index (χ0v) is 66.0. The van der Waals surface area contributed by atoms with Gasteiger partial charge in [0.25, 0.3) is 11.8 Å². The smallest absolute Gasteiger partial charge is 0.435 e. The van der Waals surface area contributed by atoms with Crippen molar-refractivity contribution in [1.82, 2.24) is 44.6 Å². The number of H-pyrrole nitrogens is 1. The second-order valence-corrected chi connectivity index (χ2v) is 26.5. The number of aromatic amines is 1. The van der Waals surface area contributed by atoms with Gasteiger partial charge in [-0.05, 0) is 164 Å². The number of hydrogen-bond acceptors (Lipinski definition) is 25. The molecule has 3 aromatic heterocycles. The van der Waals surface area contributed by atoms with Gasteiger partial charge in [0.1, 0.15) is 36.2 Å². The van der Waals surface area contributed by atoms with E-state index in [4.69, 9.17) is 67.4 Å². The monoisotopic (exact) mass is 1730 g/mol.